The Morgan fingerprint density at radius 1 is 1.40 bits per heavy atom. The van der Waals surface area contributed by atoms with Crippen LogP contribution in [0.5, 0.6) is 0 Å². The van der Waals surface area contributed by atoms with Crippen molar-refractivity contribution in [1.82, 2.24) is 20.4 Å². The fourth-order valence-electron chi connectivity index (χ4n) is 2.94. The number of aromatic nitrogens is 2. The van der Waals surface area contributed by atoms with Crippen LogP contribution in [-0.4, -0.2) is 27.8 Å². The molecule has 3 amide bonds. The third kappa shape index (κ3) is 4.36. The van der Waals surface area contributed by atoms with Crippen LogP contribution < -0.4 is 16.4 Å². The summed E-state index contributed by atoms with van der Waals surface area (Å²) in [5, 5.41) is 10.9. The summed E-state index contributed by atoms with van der Waals surface area (Å²) in [6, 6.07) is 3.10. The molecule has 134 valence electrons. The lowest BCUT2D eigenvalue weighted by atomic mass is 9.86. The van der Waals surface area contributed by atoms with E-state index in [4.69, 9.17) is 4.42 Å². The SMILES string of the molecule is CC1CCCCC1NC(=O)NC(=O)Cn1nc(-c2cccs2)oc1=O. The Labute approximate surface area is 148 Å². The van der Waals surface area contributed by atoms with Gasteiger partial charge in [0.1, 0.15) is 6.54 Å². The number of nitrogens with zero attached hydrogens (tertiary/aromatic N) is 2. The molecule has 1 saturated carbocycles. The van der Waals surface area contributed by atoms with Gasteiger partial charge in [0.05, 0.1) is 4.88 Å². The number of hydrogen-bond donors (Lipinski definition) is 2. The fourth-order valence-corrected chi connectivity index (χ4v) is 3.59. The summed E-state index contributed by atoms with van der Waals surface area (Å²) in [5.74, 6) is -0.802. The van der Waals surface area contributed by atoms with Gasteiger partial charge >= 0.3 is 11.8 Å². The highest BCUT2D eigenvalue weighted by Gasteiger charge is 2.23. The molecule has 3 rings (SSSR count). The van der Waals surface area contributed by atoms with Gasteiger partial charge in [0, 0.05) is 6.04 Å². The minimum Gasteiger partial charge on any atom is -0.387 e. The molecule has 2 aromatic heterocycles. The summed E-state index contributed by atoms with van der Waals surface area (Å²) in [7, 11) is 0. The number of thiophene rings is 1. The molecule has 25 heavy (non-hydrogen) atoms. The van der Waals surface area contributed by atoms with Crippen LogP contribution in [0.15, 0.2) is 26.7 Å². The van der Waals surface area contributed by atoms with Gasteiger partial charge in [-0.25, -0.2) is 9.59 Å². The largest absolute Gasteiger partial charge is 0.437 e. The van der Waals surface area contributed by atoms with Gasteiger partial charge in [-0.05, 0) is 30.2 Å². The number of carbonyl (C=O) groups is 2. The molecule has 9 heteroatoms. The minimum absolute atomic E-state index is 0.0711. The van der Waals surface area contributed by atoms with Gasteiger partial charge in [-0.3, -0.25) is 10.1 Å². The predicted molar refractivity (Wildman–Crippen MR) is 92.2 cm³/mol. The standard InChI is InChI=1S/C16H20N4O4S/c1-10-5-2-3-6-11(10)17-15(22)18-13(21)9-20-16(23)24-14(19-20)12-7-4-8-25-12/h4,7-8,10-11H,2-3,5-6,9H2,1H3,(H2,17,18,21,22). The molecule has 2 unspecified atom stereocenters. The number of urea groups is 1. The van der Waals surface area contributed by atoms with Crippen molar-refractivity contribution in [3.05, 3.63) is 28.1 Å². The maximum absolute atomic E-state index is 12.0. The van der Waals surface area contributed by atoms with E-state index in [0.29, 0.717) is 10.8 Å². The molecule has 1 aliphatic rings. The zero-order chi connectivity index (χ0) is 17.8. The molecular formula is C16H20N4O4S. The molecule has 0 radical (unpaired) electrons. The normalized spacial score (nSPS) is 20.2. The van der Waals surface area contributed by atoms with Crippen LogP contribution in [-0.2, 0) is 11.3 Å². The zero-order valence-corrected chi connectivity index (χ0v) is 14.7. The molecule has 1 aliphatic carbocycles. The van der Waals surface area contributed by atoms with E-state index in [-0.39, 0.29) is 18.5 Å². The number of hydrogen-bond acceptors (Lipinski definition) is 6. The van der Waals surface area contributed by atoms with E-state index in [1.165, 1.54) is 17.8 Å². The number of nitrogens with one attached hydrogen (secondary N) is 2. The van der Waals surface area contributed by atoms with Crippen molar-refractivity contribution in [3.8, 4) is 10.8 Å². The Hall–Kier alpha value is -2.42. The third-order valence-electron chi connectivity index (χ3n) is 4.31. The molecule has 0 bridgehead atoms. The number of carbonyl (C=O) groups excluding carboxylic acids is 2. The van der Waals surface area contributed by atoms with Crippen LogP contribution in [0.3, 0.4) is 0 Å². The van der Waals surface area contributed by atoms with Crippen LogP contribution in [0, 0.1) is 5.92 Å². The van der Waals surface area contributed by atoms with E-state index >= 15 is 0 Å². The average molecular weight is 364 g/mol. The topological polar surface area (TPSA) is 106 Å². The lowest BCUT2D eigenvalue weighted by molar-refractivity contribution is -0.120. The Morgan fingerprint density at radius 3 is 2.92 bits per heavy atom. The third-order valence-corrected chi connectivity index (χ3v) is 5.17. The van der Waals surface area contributed by atoms with E-state index in [0.717, 1.165) is 23.9 Å². The van der Waals surface area contributed by atoms with E-state index in [1.54, 1.807) is 6.07 Å². The maximum atomic E-state index is 12.0. The summed E-state index contributed by atoms with van der Waals surface area (Å²) >= 11 is 1.37. The van der Waals surface area contributed by atoms with Crippen molar-refractivity contribution in [2.24, 2.45) is 5.92 Å². The predicted octanol–water partition coefficient (Wildman–Crippen LogP) is 1.97. The fraction of sp³-hybridized carbons (Fsp3) is 0.500. The quantitative estimate of drug-likeness (QED) is 0.863. The lowest BCUT2D eigenvalue weighted by Gasteiger charge is -2.29. The molecule has 0 aromatic carbocycles. The highest BCUT2D eigenvalue weighted by Crippen LogP contribution is 2.23. The number of imide groups is 1. The van der Waals surface area contributed by atoms with Crippen LogP contribution in [0.2, 0.25) is 0 Å². The number of rotatable bonds is 4. The van der Waals surface area contributed by atoms with E-state index in [1.807, 2.05) is 11.4 Å². The van der Waals surface area contributed by atoms with Gasteiger partial charge in [-0.2, -0.15) is 4.68 Å². The first kappa shape index (κ1) is 17.4. The second-order valence-corrected chi connectivity index (χ2v) is 7.15. The summed E-state index contributed by atoms with van der Waals surface area (Å²) in [4.78, 5) is 36.4. The first-order valence-corrected chi connectivity index (χ1v) is 9.13. The smallest absolute Gasteiger partial charge is 0.387 e. The van der Waals surface area contributed by atoms with Gasteiger partial charge in [0.15, 0.2) is 0 Å². The van der Waals surface area contributed by atoms with Crippen molar-refractivity contribution in [3.63, 3.8) is 0 Å². The van der Waals surface area contributed by atoms with Gasteiger partial charge in [-0.15, -0.1) is 16.4 Å². The Balaban J connectivity index is 1.55. The molecule has 2 aromatic rings. The molecule has 0 saturated heterocycles. The van der Waals surface area contributed by atoms with Crippen molar-refractivity contribution >= 4 is 23.3 Å². The molecule has 2 N–H and O–H groups in total. The lowest BCUT2D eigenvalue weighted by Crippen LogP contribution is -2.48. The molecule has 0 aliphatic heterocycles. The molecule has 0 spiro atoms. The van der Waals surface area contributed by atoms with Gasteiger partial charge in [0.25, 0.3) is 5.89 Å². The first-order valence-electron chi connectivity index (χ1n) is 8.25. The Bertz CT molecular complexity index is 795. The summed E-state index contributed by atoms with van der Waals surface area (Å²) in [6.45, 7) is 1.72. The zero-order valence-electron chi connectivity index (χ0n) is 13.9. The van der Waals surface area contributed by atoms with Crippen molar-refractivity contribution < 1.29 is 14.0 Å². The van der Waals surface area contributed by atoms with Crippen LogP contribution in [0.1, 0.15) is 32.6 Å². The van der Waals surface area contributed by atoms with Crippen LogP contribution >= 0.6 is 11.3 Å². The monoisotopic (exact) mass is 364 g/mol. The maximum Gasteiger partial charge on any atom is 0.437 e. The average Bonchev–Trinajstić information content (AvgIpc) is 3.20. The Kier molecular flexibility index (Phi) is 5.32. The van der Waals surface area contributed by atoms with E-state index in [2.05, 4.69) is 22.7 Å². The molecule has 2 heterocycles. The minimum atomic E-state index is -0.736. The second-order valence-electron chi connectivity index (χ2n) is 6.20. The van der Waals surface area contributed by atoms with Gasteiger partial charge < -0.3 is 9.73 Å². The number of amides is 3. The van der Waals surface area contributed by atoms with Crippen molar-refractivity contribution in [2.45, 2.75) is 45.2 Å². The first-order chi connectivity index (χ1) is 12.0. The second kappa shape index (κ2) is 7.64. The highest BCUT2D eigenvalue weighted by molar-refractivity contribution is 7.13. The summed E-state index contributed by atoms with van der Waals surface area (Å²) < 4.78 is 5.93. The summed E-state index contributed by atoms with van der Waals surface area (Å²) in [5.41, 5.74) is 0. The van der Waals surface area contributed by atoms with Gasteiger partial charge in [-0.1, -0.05) is 25.8 Å². The highest BCUT2D eigenvalue weighted by atomic mass is 32.1. The van der Waals surface area contributed by atoms with E-state index < -0.39 is 17.7 Å². The molecule has 8 nitrogen and oxygen atoms in total. The van der Waals surface area contributed by atoms with Gasteiger partial charge in [0.2, 0.25) is 5.91 Å². The summed E-state index contributed by atoms with van der Waals surface area (Å²) in [6.07, 6.45) is 4.22. The Morgan fingerprint density at radius 2 is 2.20 bits per heavy atom. The molecule has 2 atom stereocenters. The van der Waals surface area contributed by atoms with E-state index in [9.17, 15) is 14.4 Å². The van der Waals surface area contributed by atoms with Crippen molar-refractivity contribution in [2.75, 3.05) is 0 Å². The van der Waals surface area contributed by atoms with Crippen molar-refractivity contribution in [1.29, 1.82) is 0 Å². The van der Waals surface area contributed by atoms with Crippen LogP contribution in [0.25, 0.3) is 10.8 Å². The van der Waals surface area contributed by atoms with Crippen LogP contribution in [0.4, 0.5) is 4.79 Å². The molecular weight excluding hydrogens is 344 g/mol. The molecule has 1 fully saturated rings.